The average molecular weight is 282 g/mol. The summed E-state index contributed by atoms with van der Waals surface area (Å²) in [5.41, 5.74) is 3.71. The molecule has 2 unspecified atom stereocenters. The van der Waals surface area contributed by atoms with Crippen LogP contribution in [0.2, 0.25) is 0 Å². The van der Waals surface area contributed by atoms with Crippen LogP contribution in [-0.2, 0) is 0 Å². The highest BCUT2D eigenvalue weighted by Gasteiger charge is 2.22. The van der Waals surface area contributed by atoms with E-state index in [9.17, 15) is 0 Å². The van der Waals surface area contributed by atoms with E-state index in [1.165, 1.54) is 43.1 Å². The van der Waals surface area contributed by atoms with Gasteiger partial charge in [-0.15, -0.1) is 0 Å². The zero-order valence-electron chi connectivity index (χ0n) is 13.2. The van der Waals surface area contributed by atoms with Crippen LogP contribution in [-0.4, -0.2) is 17.6 Å². The van der Waals surface area contributed by atoms with Crippen LogP contribution in [0.25, 0.3) is 10.9 Å². The third kappa shape index (κ3) is 3.44. The minimum atomic E-state index is 0.704. The third-order valence-corrected chi connectivity index (χ3v) is 4.68. The molecule has 1 aliphatic rings. The summed E-state index contributed by atoms with van der Waals surface area (Å²) in [6.07, 6.45) is 6.52. The molecule has 0 amide bonds. The quantitative estimate of drug-likeness (QED) is 0.888. The zero-order valence-corrected chi connectivity index (χ0v) is 13.2. The summed E-state index contributed by atoms with van der Waals surface area (Å²) in [5.74, 6) is 0.707. The Balaban J connectivity index is 1.77. The van der Waals surface area contributed by atoms with Gasteiger partial charge < -0.3 is 5.32 Å². The smallest absolute Gasteiger partial charge is 0.0705 e. The summed E-state index contributed by atoms with van der Waals surface area (Å²) < 4.78 is 0. The van der Waals surface area contributed by atoms with Gasteiger partial charge in [-0.2, -0.15) is 0 Å². The first kappa shape index (κ1) is 14.5. The molecular weight excluding hydrogens is 256 g/mol. The second kappa shape index (κ2) is 6.57. The fourth-order valence-electron chi connectivity index (χ4n) is 3.53. The molecule has 0 aliphatic heterocycles. The lowest BCUT2D eigenvalue weighted by molar-refractivity contribution is 0.340. The van der Waals surface area contributed by atoms with Crippen LogP contribution in [0.1, 0.15) is 56.2 Å². The number of aromatic nitrogens is 1. The van der Waals surface area contributed by atoms with Crippen molar-refractivity contribution in [2.45, 2.75) is 57.9 Å². The number of fused-ring (bicyclic) bond motifs is 1. The fourth-order valence-corrected chi connectivity index (χ4v) is 3.53. The van der Waals surface area contributed by atoms with Crippen LogP contribution in [0.4, 0.5) is 0 Å². The van der Waals surface area contributed by atoms with Crippen LogP contribution in [0.3, 0.4) is 0 Å². The molecule has 112 valence electrons. The summed E-state index contributed by atoms with van der Waals surface area (Å²) in [6, 6.07) is 11.9. The topological polar surface area (TPSA) is 24.9 Å². The van der Waals surface area contributed by atoms with Gasteiger partial charge >= 0.3 is 0 Å². The van der Waals surface area contributed by atoms with E-state index in [0.717, 1.165) is 17.8 Å². The molecule has 1 fully saturated rings. The first-order valence-electron chi connectivity index (χ1n) is 8.37. The predicted octanol–water partition coefficient (Wildman–Crippen LogP) is 4.57. The van der Waals surface area contributed by atoms with Crippen molar-refractivity contribution in [3.63, 3.8) is 0 Å². The second-order valence-electron chi connectivity index (χ2n) is 6.42. The van der Waals surface area contributed by atoms with Gasteiger partial charge in [0, 0.05) is 17.1 Å². The van der Waals surface area contributed by atoms with Gasteiger partial charge in [-0.05, 0) is 68.8 Å². The standard InChI is InChI=1S/C19H26N2/c1-3-11-20-18-6-4-5-15(13-18)16-9-10-19-17(12-16)8-7-14(2)21-19/h7-10,12,15,18,20H,3-6,11,13H2,1-2H3. The first-order chi connectivity index (χ1) is 10.3. The molecule has 3 rings (SSSR count). The number of hydrogen-bond acceptors (Lipinski definition) is 2. The minimum Gasteiger partial charge on any atom is -0.314 e. The van der Waals surface area contributed by atoms with E-state index in [2.05, 4.69) is 54.5 Å². The molecule has 1 N–H and O–H groups in total. The van der Waals surface area contributed by atoms with Gasteiger partial charge in [0.15, 0.2) is 0 Å². The molecule has 2 atom stereocenters. The summed E-state index contributed by atoms with van der Waals surface area (Å²) in [6.45, 7) is 5.45. The maximum absolute atomic E-state index is 4.61. The fraction of sp³-hybridized carbons (Fsp3) is 0.526. The Morgan fingerprint density at radius 2 is 2.10 bits per heavy atom. The van der Waals surface area contributed by atoms with E-state index in [0.29, 0.717) is 12.0 Å². The van der Waals surface area contributed by atoms with Gasteiger partial charge in [-0.1, -0.05) is 25.5 Å². The van der Waals surface area contributed by atoms with Crippen molar-refractivity contribution in [3.05, 3.63) is 41.6 Å². The monoisotopic (exact) mass is 282 g/mol. The molecule has 1 aliphatic carbocycles. The molecule has 0 bridgehead atoms. The highest BCUT2D eigenvalue weighted by atomic mass is 14.9. The van der Waals surface area contributed by atoms with Crippen molar-refractivity contribution in [2.24, 2.45) is 0 Å². The summed E-state index contributed by atoms with van der Waals surface area (Å²) >= 11 is 0. The van der Waals surface area contributed by atoms with E-state index >= 15 is 0 Å². The highest BCUT2D eigenvalue weighted by Crippen LogP contribution is 2.34. The lowest BCUT2D eigenvalue weighted by Gasteiger charge is -2.30. The number of nitrogens with one attached hydrogen (secondary N) is 1. The first-order valence-corrected chi connectivity index (χ1v) is 8.37. The molecule has 1 heterocycles. The molecule has 2 aromatic rings. The molecule has 1 aromatic heterocycles. The van der Waals surface area contributed by atoms with Gasteiger partial charge in [-0.25, -0.2) is 0 Å². The van der Waals surface area contributed by atoms with E-state index in [1.54, 1.807) is 0 Å². The number of hydrogen-bond donors (Lipinski definition) is 1. The molecule has 0 radical (unpaired) electrons. The van der Waals surface area contributed by atoms with E-state index in [-0.39, 0.29) is 0 Å². The maximum atomic E-state index is 4.61. The molecule has 1 aromatic carbocycles. The summed E-state index contributed by atoms with van der Waals surface area (Å²) in [4.78, 5) is 4.61. The van der Waals surface area contributed by atoms with E-state index in [1.807, 2.05) is 0 Å². The van der Waals surface area contributed by atoms with Crippen molar-refractivity contribution < 1.29 is 0 Å². The molecule has 0 spiro atoms. The van der Waals surface area contributed by atoms with Crippen LogP contribution < -0.4 is 5.32 Å². The Morgan fingerprint density at radius 1 is 1.19 bits per heavy atom. The largest absolute Gasteiger partial charge is 0.314 e. The number of rotatable bonds is 4. The van der Waals surface area contributed by atoms with Crippen molar-refractivity contribution >= 4 is 10.9 Å². The molecule has 2 heteroatoms. The Morgan fingerprint density at radius 3 is 2.95 bits per heavy atom. The van der Waals surface area contributed by atoms with Gasteiger partial charge in [0.1, 0.15) is 0 Å². The van der Waals surface area contributed by atoms with Gasteiger partial charge in [0.2, 0.25) is 0 Å². The summed E-state index contributed by atoms with van der Waals surface area (Å²) in [5, 5.41) is 4.98. The number of benzene rings is 1. The predicted molar refractivity (Wildman–Crippen MR) is 89.8 cm³/mol. The Hall–Kier alpha value is -1.41. The Labute approximate surface area is 128 Å². The van der Waals surface area contributed by atoms with Gasteiger partial charge in [-0.3, -0.25) is 4.98 Å². The number of aryl methyl sites for hydroxylation is 1. The number of pyridine rings is 1. The lowest BCUT2D eigenvalue weighted by atomic mass is 9.81. The van der Waals surface area contributed by atoms with Gasteiger partial charge in [0.05, 0.1) is 5.52 Å². The Kier molecular flexibility index (Phi) is 4.54. The van der Waals surface area contributed by atoms with E-state index < -0.39 is 0 Å². The highest BCUT2D eigenvalue weighted by molar-refractivity contribution is 5.79. The summed E-state index contributed by atoms with van der Waals surface area (Å²) in [7, 11) is 0. The lowest BCUT2D eigenvalue weighted by Crippen LogP contribution is -2.33. The van der Waals surface area contributed by atoms with Crippen LogP contribution in [0.15, 0.2) is 30.3 Å². The van der Waals surface area contributed by atoms with Gasteiger partial charge in [0.25, 0.3) is 0 Å². The SMILES string of the molecule is CCCNC1CCCC(c2ccc3nc(C)ccc3c2)C1. The third-order valence-electron chi connectivity index (χ3n) is 4.68. The van der Waals surface area contributed by atoms with E-state index in [4.69, 9.17) is 0 Å². The molecule has 2 nitrogen and oxygen atoms in total. The van der Waals surface area contributed by atoms with Crippen LogP contribution in [0, 0.1) is 6.92 Å². The molecule has 1 saturated carbocycles. The Bertz CT molecular complexity index is 606. The van der Waals surface area contributed by atoms with Crippen molar-refractivity contribution in [1.29, 1.82) is 0 Å². The van der Waals surface area contributed by atoms with Crippen molar-refractivity contribution in [1.82, 2.24) is 10.3 Å². The average Bonchev–Trinajstić information content (AvgIpc) is 2.52. The molecule has 0 saturated heterocycles. The number of nitrogens with zero attached hydrogens (tertiary/aromatic N) is 1. The normalized spacial score (nSPS) is 22.6. The molecular formula is C19H26N2. The maximum Gasteiger partial charge on any atom is 0.0705 e. The van der Waals surface area contributed by atoms with Crippen LogP contribution in [0.5, 0.6) is 0 Å². The van der Waals surface area contributed by atoms with Crippen molar-refractivity contribution in [2.75, 3.05) is 6.54 Å². The van der Waals surface area contributed by atoms with Crippen LogP contribution >= 0.6 is 0 Å². The molecule has 21 heavy (non-hydrogen) atoms. The van der Waals surface area contributed by atoms with Crippen molar-refractivity contribution in [3.8, 4) is 0 Å². The zero-order chi connectivity index (χ0) is 14.7. The minimum absolute atomic E-state index is 0.704. The second-order valence-corrected chi connectivity index (χ2v) is 6.42.